The highest BCUT2D eigenvalue weighted by Crippen LogP contribution is 2.25. The maximum atomic E-state index is 11.9. The van der Waals surface area contributed by atoms with Gasteiger partial charge in [0.25, 0.3) is 5.91 Å². The number of para-hydroxylation sites is 1. The van der Waals surface area contributed by atoms with Crippen molar-refractivity contribution < 1.29 is 9.90 Å². The highest BCUT2D eigenvalue weighted by atomic mass is 35.5. The van der Waals surface area contributed by atoms with Crippen molar-refractivity contribution in [3.8, 4) is 5.75 Å². The zero-order chi connectivity index (χ0) is 17.8. The van der Waals surface area contributed by atoms with Crippen LogP contribution in [-0.4, -0.2) is 28.3 Å². The fourth-order valence-corrected chi connectivity index (χ4v) is 3.18. The number of carbonyl (C=O) groups excluding carboxylic acids is 1. The number of benzene rings is 2. The number of anilines is 1. The molecule has 0 radical (unpaired) electrons. The van der Waals surface area contributed by atoms with Gasteiger partial charge in [-0.3, -0.25) is 4.79 Å². The van der Waals surface area contributed by atoms with Crippen LogP contribution in [0.15, 0.2) is 47.6 Å². The van der Waals surface area contributed by atoms with Crippen LogP contribution < -0.4 is 10.7 Å². The summed E-state index contributed by atoms with van der Waals surface area (Å²) in [6.07, 6.45) is 0. The van der Waals surface area contributed by atoms with E-state index in [0.717, 1.165) is 10.2 Å². The molecule has 3 aromatic rings. The summed E-state index contributed by atoms with van der Waals surface area (Å²) in [4.78, 5) is 16.3. The van der Waals surface area contributed by atoms with Crippen LogP contribution in [0.4, 0.5) is 5.13 Å². The molecule has 0 aliphatic heterocycles. The highest BCUT2D eigenvalue weighted by Gasteiger charge is 2.08. The first-order chi connectivity index (χ1) is 12.0. The van der Waals surface area contributed by atoms with Crippen molar-refractivity contribution in [3.05, 3.63) is 53.1 Å². The van der Waals surface area contributed by atoms with Crippen LogP contribution in [0.1, 0.15) is 12.5 Å². The van der Waals surface area contributed by atoms with Crippen LogP contribution in [0.3, 0.4) is 0 Å². The summed E-state index contributed by atoms with van der Waals surface area (Å²) >= 11 is 7.38. The van der Waals surface area contributed by atoms with Crippen molar-refractivity contribution in [1.82, 2.24) is 10.4 Å². The Morgan fingerprint density at radius 3 is 2.92 bits per heavy atom. The second-order valence-corrected chi connectivity index (χ2v) is 6.70. The van der Waals surface area contributed by atoms with E-state index in [1.54, 1.807) is 19.1 Å². The third-order valence-electron chi connectivity index (χ3n) is 3.39. The lowest BCUT2D eigenvalue weighted by Gasteiger charge is -2.06. The zero-order valence-electron chi connectivity index (χ0n) is 13.3. The number of carbonyl (C=O) groups is 1. The van der Waals surface area contributed by atoms with Crippen molar-refractivity contribution in [3.63, 3.8) is 0 Å². The van der Waals surface area contributed by atoms with Gasteiger partial charge in [0.15, 0.2) is 5.13 Å². The molecular formula is C17H15ClN4O2S. The maximum absolute atomic E-state index is 11.9. The first-order valence-electron chi connectivity index (χ1n) is 7.44. The summed E-state index contributed by atoms with van der Waals surface area (Å²) < 4.78 is 1.05. The van der Waals surface area contributed by atoms with Gasteiger partial charge in [0.2, 0.25) is 0 Å². The molecule has 0 atom stereocenters. The number of fused-ring (bicyclic) bond motifs is 1. The van der Waals surface area contributed by atoms with Gasteiger partial charge in [-0.1, -0.05) is 35.1 Å². The lowest BCUT2D eigenvalue weighted by molar-refractivity contribution is -0.119. The summed E-state index contributed by atoms with van der Waals surface area (Å²) in [6.45, 7) is 1.71. The van der Waals surface area contributed by atoms with Crippen molar-refractivity contribution in [2.45, 2.75) is 6.92 Å². The largest absolute Gasteiger partial charge is 0.507 e. The Kier molecular flexibility index (Phi) is 5.16. The topological polar surface area (TPSA) is 86.6 Å². The minimum atomic E-state index is -0.319. The van der Waals surface area contributed by atoms with E-state index in [1.165, 1.54) is 17.4 Å². The van der Waals surface area contributed by atoms with Gasteiger partial charge in [0.05, 0.1) is 22.5 Å². The average Bonchev–Trinajstić information content (AvgIpc) is 3.03. The second-order valence-electron chi connectivity index (χ2n) is 5.23. The fraction of sp³-hybridized carbons (Fsp3) is 0.118. The molecule has 25 heavy (non-hydrogen) atoms. The van der Waals surface area contributed by atoms with E-state index < -0.39 is 0 Å². The number of hydrazone groups is 1. The van der Waals surface area contributed by atoms with E-state index >= 15 is 0 Å². The zero-order valence-corrected chi connectivity index (χ0v) is 14.9. The molecular weight excluding hydrogens is 360 g/mol. The van der Waals surface area contributed by atoms with Crippen molar-refractivity contribution >= 4 is 49.9 Å². The quantitative estimate of drug-likeness (QED) is 0.470. The predicted molar refractivity (Wildman–Crippen MR) is 102 cm³/mol. The third-order valence-corrected chi connectivity index (χ3v) is 4.62. The molecule has 0 saturated carbocycles. The Hall–Kier alpha value is -2.64. The second kappa shape index (κ2) is 7.50. The number of hydrogen-bond acceptors (Lipinski definition) is 6. The van der Waals surface area contributed by atoms with Gasteiger partial charge >= 0.3 is 0 Å². The van der Waals surface area contributed by atoms with E-state index in [-0.39, 0.29) is 18.2 Å². The number of halogens is 1. The SMILES string of the molecule is C/C(=N\NC(=O)CNc1nc2ccccc2s1)c1cc(Cl)ccc1O. The minimum Gasteiger partial charge on any atom is -0.507 e. The molecule has 0 saturated heterocycles. The number of hydrogen-bond donors (Lipinski definition) is 3. The molecule has 1 amide bonds. The number of nitrogens with one attached hydrogen (secondary N) is 2. The molecule has 0 fully saturated rings. The minimum absolute atomic E-state index is 0.0398. The molecule has 0 spiro atoms. The summed E-state index contributed by atoms with van der Waals surface area (Å²) in [5.74, 6) is -0.271. The lowest BCUT2D eigenvalue weighted by Crippen LogP contribution is -2.26. The van der Waals surface area contributed by atoms with E-state index in [4.69, 9.17) is 11.6 Å². The van der Waals surface area contributed by atoms with Gasteiger partial charge < -0.3 is 10.4 Å². The average molecular weight is 375 g/mol. The molecule has 3 rings (SSSR count). The number of aromatic hydroxyl groups is 1. The number of thiazole rings is 1. The number of rotatable bonds is 5. The Morgan fingerprint density at radius 1 is 1.32 bits per heavy atom. The van der Waals surface area contributed by atoms with Crippen LogP contribution in [0.2, 0.25) is 5.02 Å². The van der Waals surface area contributed by atoms with E-state index in [0.29, 0.717) is 21.4 Å². The van der Waals surface area contributed by atoms with E-state index in [2.05, 4.69) is 20.8 Å². The molecule has 6 nitrogen and oxygen atoms in total. The molecule has 2 aromatic carbocycles. The number of phenols is 1. The maximum Gasteiger partial charge on any atom is 0.259 e. The van der Waals surface area contributed by atoms with Crippen LogP contribution in [0.5, 0.6) is 5.75 Å². The van der Waals surface area contributed by atoms with Gasteiger partial charge in [-0.25, -0.2) is 10.4 Å². The van der Waals surface area contributed by atoms with Crippen LogP contribution in [0.25, 0.3) is 10.2 Å². The van der Waals surface area contributed by atoms with Crippen molar-refractivity contribution in [2.24, 2.45) is 5.10 Å². The smallest absolute Gasteiger partial charge is 0.259 e. The molecule has 0 aliphatic rings. The summed E-state index contributed by atoms with van der Waals surface area (Å²) in [5, 5.41) is 17.9. The summed E-state index contributed by atoms with van der Waals surface area (Å²) in [6, 6.07) is 12.4. The van der Waals surface area contributed by atoms with Crippen molar-refractivity contribution in [2.75, 3.05) is 11.9 Å². The van der Waals surface area contributed by atoms with E-state index in [9.17, 15) is 9.90 Å². The monoisotopic (exact) mass is 374 g/mol. The fourth-order valence-electron chi connectivity index (χ4n) is 2.15. The molecule has 0 bridgehead atoms. The van der Waals surface area contributed by atoms with Gasteiger partial charge in [0.1, 0.15) is 5.75 Å². The van der Waals surface area contributed by atoms with Crippen LogP contribution in [-0.2, 0) is 4.79 Å². The van der Waals surface area contributed by atoms with Crippen molar-refractivity contribution in [1.29, 1.82) is 0 Å². The van der Waals surface area contributed by atoms with E-state index in [1.807, 2.05) is 24.3 Å². The molecule has 0 aliphatic carbocycles. The molecule has 128 valence electrons. The first-order valence-corrected chi connectivity index (χ1v) is 8.64. The Labute approximate surface area is 153 Å². The Balaban J connectivity index is 1.59. The Bertz CT molecular complexity index is 922. The van der Waals surface area contributed by atoms with Gasteiger partial charge in [0, 0.05) is 10.6 Å². The number of nitrogens with zero attached hydrogens (tertiary/aromatic N) is 2. The number of amides is 1. The van der Waals surface area contributed by atoms with Gasteiger partial charge in [-0.05, 0) is 37.3 Å². The first kappa shape index (κ1) is 17.2. The lowest BCUT2D eigenvalue weighted by atomic mass is 10.1. The standard InChI is InChI=1S/C17H15ClN4O2S/c1-10(12-8-11(18)6-7-14(12)23)21-22-16(24)9-19-17-20-13-4-2-3-5-15(13)25-17/h2-8,23H,9H2,1H3,(H,19,20)(H,22,24)/b21-10+. The predicted octanol–water partition coefficient (Wildman–Crippen LogP) is 3.61. The third kappa shape index (κ3) is 4.26. The number of phenolic OH excluding ortho intramolecular Hbond substituents is 1. The highest BCUT2D eigenvalue weighted by molar-refractivity contribution is 7.22. The summed E-state index contributed by atoms with van der Waals surface area (Å²) in [7, 11) is 0. The normalized spacial score (nSPS) is 11.5. The molecule has 0 unspecified atom stereocenters. The molecule has 3 N–H and O–H groups in total. The van der Waals surface area contributed by atoms with Gasteiger partial charge in [-0.15, -0.1) is 0 Å². The molecule has 1 heterocycles. The van der Waals surface area contributed by atoms with Gasteiger partial charge in [-0.2, -0.15) is 5.10 Å². The molecule has 1 aromatic heterocycles. The number of aromatic nitrogens is 1. The van der Waals surface area contributed by atoms with Crippen LogP contribution in [0, 0.1) is 0 Å². The molecule has 8 heteroatoms. The summed E-state index contributed by atoms with van der Waals surface area (Å²) in [5.41, 5.74) is 4.25. The van der Waals surface area contributed by atoms with Crippen LogP contribution >= 0.6 is 22.9 Å². The Morgan fingerprint density at radius 2 is 2.12 bits per heavy atom.